The van der Waals surface area contributed by atoms with E-state index in [0.717, 1.165) is 31.8 Å². The number of nitrogens with zero attached hydrogens (tertiary/aromatic N) is 1. The predicted molar refractivity (Wildman–Crippen MR) is 84.7 cm³/mol. The van der Waals surface area contributed by atoms with Gasteiger partial charge in [0.1, 0.15) is 0 Å². The molecule has 21 heavy (non-hydrogen) atoms. The van der Waals surface area contributed by atoms with Crippen molar-refractivity contribution >= 4 is 11.8 Å². The zero-order chi connectivity index (χ0) is 15.8. The van der Waals surface area contributed by atoms with Gasteiger partial charge in [0.25, 0.3) is 0 Å². The number of hydrogen-bond acceptors (Lipinski definition) is 3. The molecule has 1 aliphatic rings. The van der Waals surface area contributed by atoms with Crippen LogP contribution in [0, 0.1) is 11.8 Å². The van der Waals surface area contributed by atoms with Crippen LogP contribution < -0.4 is 11.1 Å². The molecule has 0 saturated carbocycles. The van der Waals surface area contributed by atoms with Crippen LogP contribution in [0.15, 0.2) is 0 Å². The fourth-order valence-electron chi connectivity index (χ4n) is 2.81. The lowest BCUT2D eigenvalue weighted by atomic mass is 9.96. The number of carbonyl (C=O) groups is 2. The van der Waals surface area contributed by atoms with Gasteiger partial charge in [-0.3, -0.25) is 9.59 Å². The summed E-state index contributed by atoms with van der Waals surface area (Å²) in [5, 5.41) is 2.66. The molecule has 1 rings (SSSR count). The Morgan fingerprint density at radius 1 is 1.29 bits per heavy atom. The van der Waals surface area contributed by atoms with Crippen LogP contribution in [0.3, 0.4) is 0 Å². The molecule has 0 bridgehead atoms. The first-order valence-corrected chi connectivity index (χ1v) is 8.26. The van der Waals surface area contributed by atoms with Crippen molar-refractivity contribution in [3.05, 3.63) is 0 Å². The summed E-state index contributed by atoms with van der Waals surface area (Å²) in [5.41, 5.74) is 5.76. The van der Waals surface area contributed by atoms with Crippen LogP contribution in [-0.4, -0.2) is 42.4 Å². The predicted octanol–water partition coefficient (Wildman–Crippen LogP) is 1.51. The van der Waals surface area contributed by atoms with Crippen LogP contribution in [-0.2, 0) is 9.59 Å². The molecule has 3 N–H and O–H groups in total. The van der Waals surface area contributed by atoms with Crippen molar-refractivity contribution in [2.45, 2.75) is 58.9 Å². The van der Waals surface area contributed by atoms with Crippen molar-refractivity contribution in [2.24, 2.45) is 17.6 Å². The molecule has 1 unspecified atom stereocenters. The lowest BCUT2D eigenvalue weighted by Gasteiger charge is -2.22. The number of rotatable bonds is 6. The molecule has 1 fully saturated rings. The van der Waals surface area contributed by atoms with E-state index < -0.39 is 6.04 Å². The van der Waals surface area contributed by atoms with E-state index in [-0.39, 0.29) is 24.3 Å². The molecule has 0 aromatic rings. The summed E-state index contributed by atoms with van der Waals surface area (Å²) in [5.74, 6) is 0.596. The van der Waals surface area contributed by atoms with Gasteiger partial charge in [-0.15, -0.1) is 0 Å². The number of amides is 2. The second-order valence-electron chi connectivity index (χ2n) is 6.45. The first kappa shape index (κ1) is 18.0. The maximum Gasteiger partial charge on any atom is 0.241 e. The highest BCUT2D eigenvalue weighted by Crippen LogP contribution is 2.21. The van der Waals surface area contributed by atoms with Crippen molar-refractivity contribution in [3.63, 3.8) is 0 Å². The molecule has 1 aliphatic heterocycles. The van der Waals surface area contributed by atoms with Gasteiger partial charge >= 0.3 is 0 Å². The SMILES string of the molecule is CCCC1CCCN(C(=O)CNC(=O)[C@@H](N)C(C)C)CC1. The molecular formula is C16H31N3O2. The minimum absolute atomic E-state index is 0.0106. The maximum absolute atomic E-state index is 12.2. The van der Waals surface area contributed by atoms with E-state index in [2.05, 4.69) is 12.2 Å². The first-order valence-electron chi connectivity index (χ1n) is 8.26. The molecule has 1 heterocycles. The number of likely N-dealkylation sites (tertiary alicyclic amines) is 1. The minimum Gasteiger partial charge on any atom is -0.346 e. The largest absolute Gasteiger partial charge is 0.346 e. The Hall–Kier alpha value is -1.10. The van der Waals surface area contributed by atoms with Crippen molar-refractivity contribution in [3.8, 4) is 0 Å². The zero-order valence-corrected chi connectivity index (χ0v) is 13.7. The van der Waals surface area contributed by atoms with Crippen LogP contribution in [0.25, 0.3) is 0 Å². The molecule has 0 spiro atoms. The van der Waals surface area contributed by atoms with E-state index in [1.165, 1.54) is 19.3 Å². The molecule has 5 heteroatoms. The zero-order valence-electron chi connectivity index (χ0n) is 13.7. The summed E-state index contributed by atoms with van der Waals surface area (Å²) in [7, 11) is 0. The maximum atomic E-state index is 12.2. The molecular weight excluding hydrogens is 266 g/mol. The second kappa shape index (κ2) is 9.03. The number of nitrogens with two attached hydrogens (primary N) is 1. The Labute approximate surface area is 128 Å². The quantitative estimate of drug-likeness (QED) is 0.780. The summed E-state index contributed by atoms with van der Waals surface area (Å²) < 4.78 is 0. The average Bonchev–Trinajstić information content (AvgIpc) is 2.69. The first-order chi connectivity index (χ1) is 9.95. The van der Waals surface area contributed by atoms with Crippen molar-refractivity contribution in [1.82, 2.24) is 10.2 Å². The Balaban J connectivity index is 2.36. The lowest BCUT2D eigenvalue weighted by Crippen LogP contribution is -2.48. The molecule has 0 aromatic carbocycles. The fraction of sp³-hybridized carbons (Fsp3) is 0.875. The third-order valence-corrected chi connectivity index (χ3v) is 4.33. The highest BCUT2D eigenvalue weighted by atomic mass is 16.2. The van der Waals surface area contributed by atoms with E-state index in [1.807, 2.05) is 18.7 Å². The van der Waals surface area contributed by atoms with Crippen LogP contribution >= 0.6 is 0 Å². The van der Waals surface area contributed by atoms with Crippen molar-refractivity contribution in [2.75, 3.05) is 19.6 Å². The molecule has 2 atom stereocenters. The Bertz CT molecular complexity index is 344. The van der Waals surface area contributed by atoms with Gasteiger partial charge in [-0.2, -0.15) is 0 Å². The van der Waals surface area contributed by atoms with Gasteiger partial charge in [0, 0.05) is 13.1 Å². The highest BCUT2D eigenvalue weighted by molar-refractivity contribution is 5.87. The lowest BCUT2D eigenvalue weighted by molar-refractivity contribution is -0.133. The minimum atomic E-state index is -0.545. The average molecular weight is 297 g/mol. The normalized spacial score (nSPS) is 21.0. The van der Waals surface area contributed by atoms with Gasteiger partial charge in [-0.25, -0.2) is 0 Å². The van der Waals surface area contributed by atoms with Gasteiger partial charge in [-0.05, 0) is 31.1 Å². The smallest absolute Gasteiger partial charge is 0.241 e. The van der Waals surface area contributed by atoms with Gasteiger partial charge in [-0.1, -0.05) is 33.6 Å². The number of carbonyl (C=O) groups excluding carboxylic acids is 2. The standard InChI is InChI=1S/C16H31N3O2/c1-4-6-13-7-5-9-19(10-8-13)14(20)11-18-16(21)15(17)12(2)3/h12-13,15H,4-11,17H2,1-3H3,(H,18,21)/t13?,15-/m0/s1. The molecule has 2 amide bonds. The molecule has 0 radical (unpaired) electrons. The van der Waals surface area contributed by atoms with Crippen molar-refractivity contribution < 1.29 is 9.59 Å². The van der Waals surface area contributed by atoms with Gasteiger partial charge in [0.2, 0.25) is 11.8 Å². The van der Waals surface area contributed by atoms with Gasteiger partial charge in [0.15, 0.2) is 0 Å². The van der Waals surface area contributed by atoms with Crippen LogP contribution in [0.2, 0.25) is 0 Å². The van der Waals surface area contributed by atoms with Crippen LogP contribution in [0.4, 0.5) is 0 Å². The molecule has 0 aliphatic carbocycles. The summed E-state index contributed by atoms with van der Waals surface area (Å²) >= 11 is 0. The molecule has 5 nitrogen and oxygen atoms in total. The summed E-state index contributed by atoms with van der Waals surface area (Å²) in [6, 6.07) is -0.545. The molecule has 1 saturated heterocycles. The molecule has 122 valence electrons. The second-order valence-corrected chi connectivity index (χ2v) is 6.45. The van der Waals surface area contributed by atoms with E-state index in [9.17, 15) is 9.59 Å². The van der Waals surface area contributed by atoms with Gasteiger partial charge < -0.3 is 16.0 Å². The Morgan fingerprint density at radius 3 is 2.62 bits per heavy atom. The fourth-order valence-corrected chi connectivity index (χ4v) is 2.81. The third-order valence-electron chi connectivity index (χ3n) is 4.33. The molecule has 0 aromatic heterocycles. The van der Waals surface area contributed by atoms with E-state index in [1.54, 1.807) is 0 Å². The number of nitrogens with one attached hydrogen (secondary N) is 1. The van der Waals surface area contributed by atoms with Crippen molar-refractivity contribution in [1.29, 1.82) is 0 Å². The topological polar surface area (TPSA) is 75.4 Å². The monoisotopic (exact) mass is 297 g/mol. The van der Waals surface area contributed by atoms with E-state index in [0.29, 0.717) is 0 Å². The highest BCUT2D eigenvalue weighted by Gasteiger charge is 2.22. The van der Waals surface area contributed by atoms with Gasteiger partial charge in [0.05, 0.1) is 12.6 Å². The Kier molecular flexibility index (Phi) is 7.72. The number of hydrogen-bond donors (Lipinski definition) is 2. The summed E-state index contributed by atoms with van der Waals surface area (Å²) in [6.07, 6.45) is 5.82. The summed E-state index contributed by atoms with van der Waals surface area (Å²) in [6.45, 7) is 7.70. The van der Waals surface area contributed by atoms with Crippen LogP contribution in [0.1, 0.15) is 52.9 Å². The van der Waals surface area contributed by atoms with E-state index >= 15 is 0 Å². The third kappa shape index (κ3) is 6.04. The van der Waals surface area contributed by atoms with Crippen LogP contribution in [0.5, 0.6) is 0 Å². The summed E-state index contributed by atoms with van der Waals surface area (Å²) in [4.78, 5) is 25.8. The Morgan fingerprint density at radius 2 is 2.00 bits per heavy atom. The van der Waals surface area contributed by atoms with E-state index in [4.69, 9.17) is 5.73 Å².